The van der Waals surface area contributed by atoms with E-state index in [2.05, 4.69) is 60.2 Å². The van der Waals surface area contributed by atoms with Gasteiger partial charge in [-0.25, -0.2) is 0 Å². The summed E-state index contributed by atoms with van der Waals surface area (Å²) in [7, 11) is 0. The Kier molecular flexibility index (Phi) is 5.86. The second kappa shape index (κ2) is 7.65. The zero-order chi connectivity index (χ0) is 14.4. The fourth-order valence-electron chi connectivity index (χ4n) is 2.92. The molecule has 20 heavy (non-hydrogen) atoms. The summed E-state index contributed by atoms with van der Waals surface area (Å²) in [6, 6.07) is 9.55. The lowest BCUT2D eigenvalue weighted by Gasteiger charge is -2.39. The number of nitrogens with zero attached hydrogens (tertiary/aromatic N) is 2. The maximum atomic E-state index is 3.42. The van der Waals surface area contributed by atoms with E-state index in [9.17, 15) is 0 Å². The molecule has 0 amide bonds. The molecule has 1 aliphatic heterocycles. The Labute approximate surface area is 124 Å². The van der Waals surface area contributed by atoms with Crippen LogP contribution < -0.4 is 10.2 Å². The van der Waals surface area contributed by atoms with Crippen LogP contribution in [0.5, 0.6) is 0 Å². The van der Waals surface area contributed by atoms with E-state index in [0.29, 0.717) is 6.04 Å². The monoisotopic (exact) mass is 275 g/mol. The van der Waals surface area contributed by atoms with Gasteiger partial charge in [0.15, 0.2) is 0 Å². The molecule has 1 aromatic carbocycles. The zero-order valence-corrected chi connectivity index (χ0v) is 13.2. The van der Waals surface area contributed by atoms with Crippen LogP contribution in [-0.4, -0.2) is 50.2 Å². The molecular weight excluding hydrogens is 246 g/mol. The molecule has 1 fully saturated rings. The maximum absolute atomic E-state index is 3.42. The van der Waals surface area contributed by atoms with Crippen LogP contribution in [0.4, 0.5) is 5.69 Å². The Morgan fingerprint density at radius 3 is 2.60 bits per heavy atom. The Bertz CT molecular complexity index is 397. The number of hydrogen-bond donors (Lipinski definition) is 1. The smallest absolute Gasteiger partial charge is 0.0369 e. The first-order chi connectivity index (χ1) is 9.70. The number of anilines is 1. The average molecular weight is 275 g/mol. The van der Waals surface area contributed by atoms with Crippen molar-refractivity contribution < 1.29 is 0 Å². The van der Waals surface area contributed by atoms with Gasteiger partial charge in [0.1, 0.15) is 0 Å². The fraction of sp³-hybridized carbons (Fsp3) is 0.647. The van der Waals surface area contributed by atoms with E-state index in [4.69, 9.17) is 0 Å². The first-order valence-corrected chi connectivity index (χ1v) is 7.97. The van der Waals surface area contributed by atoms with Gasteiger partial charge in [-0.2, -0.15) is 0 Å². The summed E-state index contributed by atoms with van der Waals surface area (Å²) >= 11 is 0. The highest BCUT2D eigenvalue weighted by Crippen LogP contribution is 2.18. The largest absolute Gasteiger partial charge is 0.369 e. The van der Waals surface area contributed by atoms with Crippen LogP contribution in [-0.2, 0) is 0 Å². The van der Waals surface area contributed by atoms with Crippen molar-refractivity contribution in [3.8, 4) is 0 Å². The molecule has 3 nitrogen and oxygen atoms in total. The Hall–Kier alpha value is -1.06. The molecule has 1 aromatic rings. The van der Waals surface area contributed by atoms with Gasteiger partial charge < -0.3 is 10.2 Å². The van der Waals surface area contributed by atoms with E-state index in [1.54, 1.807) is 0 Å². The molecule has 3 heteroatoms. The molecule has 0 saturated carbocycles. The summed E-state index contributed by atoms with van der Waals surface area (Å²) in [5.41, 5.74) is 2.73. The number of benzene rings is 1. The van der Waals surface area contributed by atoms with Gasteiger partial charge in [0.2, 0.25) is 0 Å². The molecule has 2 rings (SSSR count). The van der Waals surface area contributed by atoms with Gasteiger partial charge >= 0.3 is 0 Å². The average Bonchev–Trinajstić information content (AvgIpc) is 2.47. The van der Waals surface area contributed by atoms with Crippen molar-refractivity contribution in [1.82, 2.24) is 10.2 Å². The summed E-state index contributed by atoms with van der Waals surface area (Å²) in [4.78, 5) is 5.14. The van der Waals surface area contributed by atoms with Gasteiger partial charge in [-0.1, -0.05) is 19.1 Å². The van der Waals surface area contributed by atoms with Crippen molar-refractivity contribution in [2.45, 2.75) is 33.2 Å². The predicted octanol–water partition coefficient (Wildman–Crippen LogP) is 2.51. The van der Waals surface area contributed by atoms with E-state index in [-0.39, 0.29) is 0 Å². The van der Waals surface area contributed by atoms with Crippen LogP contribution >= 0.6 is 0 Å². The highest BCUT2D eigenvalue weighted by molar-refractivity contribution is 5.48. The molecule has 1 unspecified atom stereocenters. The number of piperazine rings is 1. The van der Waals surface area contributed by atoms with Crippen LogP contribution in [0.3, 0.4) is 0 Å². The van der Waals surface area contributed by atoms with Gasteiger partial charge in [-0.15, -0.1) is 0 Å². The van der Waals surface area contributed by atoms with Gasteiger partial charge in [-0.05, 0) is 51.1 Å². The van der Waals surface area contributed by atoms with E-state index < -0.39 is 0 Å². The summed E-state index contributed by atoms with van der Waals surface area (Å²) in [6.45, 7) is 13.6. The molecule has 1 aliphatic rings. The molecule has 1 N–H and O–H groups in total. The minimum atomic E-state index is 0.689. The molecule has 0 radical (unpaired) electrons. The minimum absolute atomic E-state index is 0.689. The van der Waals surface area contributed by atoms with Crippen LogP contribution in [0.15, 0.2) is 24.3 Å². The van der Waals surface area contributed by atoms with Crippen molar-refractivity contribution in [3.63, 3.8) is 0 Å². The Morgan fingerprint density at radius 2 is 1.95 bits per heavy atom. The van der Waals surface area contributed by atoms with E-state index in [1.807, 2.05) is 0 Å². The highest BCUT2D eigenvalue weighted by atomic mass is 15.3. The molecule has 0 aromatic heterocycles. The van der Waals surface area contributed by atoms with E-state index in [1.165, 1.54) is 30.8 Å². The number of nitrogens with one attached hydrogen (secondary N) is 1. The standard InChI is InChI=1S/C17H29N3/c1-4-18-9-8-16(3)19-10-12-20(13-11-19)17-7-5-6-15(2)14-17/h5-7,14,16,18H,4,8-13H2,1-3H3. The molecule has 1 atom stereocenters. The quantitative estimate of drug-likeness (QED) is 0.805. The fourth-order valence-corrected chi connectivity index (χ4v) is 2.92. The van der Waals surface area contributed by atoms with E-state index >= 15 is 0 Å². The minimum Gasteiger partial charge on any atom is -0.369 e. The number of hydrogen-bond acceptors (Lipinski definition) is 3. The Morgan fingerprint density at radius 1 is 1.20 bits per heavy atom. The number of rotatable bonds is 6. The van der Waals surface area contributed by atoms with Gasteiger partial charge in [-0.3, -0.25) is 4.90 Å². The van der Waals surface area contributed by atoms with Crippen molar-refractivity contribution in [3.05, 3.63) is 29.8 Å². The zero-order valence-electron chi connectivity index (χ0n) is 13.2. The maximum Gasteiger partial charge on any atom is 0.0369 e. The van der Waals surface area contributed by atoms with Crippen molar-refractivity contribution in [2.24, 2.45) is 0 Å². The normalized spacial score (nSPS) is 18.2. The second-order valence-corrected chi connectivity index (χ2v) is 5.85. The van der Waals surface area contributed by atoms with Crippen molar-refractivity contribution in [1.29, 1.82) is 0 Å². The topological polar surface area (TPSA) is 18.5 Å². The molecular formula is C17H29N3. The highest BCUT2D eigenvalue weighted by Gasteiger charge is 2.20. The molecule has 1 heterocycles. The summed E-state index contributed by atoms with van der Waals surface area (Å²) in [5.74, 6) is 0. The molecule has 0 aliphatic carbocycles. The van der Waals surface area contributed by atoms with Crippen molar-refractivity contribution in [2.75, 3.05) is 44.2 Å². The van der Waals surface area contributed by atoms with Crippen LogP contribution in [0.25, 0.3) is 0 Å². The molecule has 1 saturated heterocycles. The SMILES string of the molecule is CCNCCC(C)N1CCN(c2cccc(C)c2)CC1. The first-order valence-electron chi connectivity index (χ1n) is 7.97. The molecule has 112 valence electrons. The lowest BCUT2D eigenvalue weighted by Crippen LogP contribution is -2.50. The van der Waals surface area contributed by atoms with Gasteiger partial charge in [0.05, 0.1) is 0 Å². The lowest BCUT2D eigenvalue weighted by molar-refractivity contribution is 0.188. The van der Waals surface area contributed by atoms with Crippen molar-refractivity contribution >= 4 is 5.69 Å². The molecule has 0 spiro atoms. The van der Waals surface area contributed by atoms with Crippen LogP contribution in [0, 0.1) is 6.92 Å². The number of aryl methyl sites for hydroxylation is 1. The van der Waals surface area contributed by atoms with Crippen LogP contribution in [0.2, 0.25) is 0 Å². The first kappa shape index (κ1) is 15.3. The second-order valence-electron chi connectivity index (χ2n) is 5.85. The third kappa shape index (κ3) is 4.22. The summed E-state index contributed by atoms with van der Waals surface area (Å²) in [5, 5.41) is 3.42. The summed E-state index contributed by atoms with van der Waals surface area (Å²) < 4.78 is 0. The lowest BCUT2D eigenvalue weighted by atomic mass is 10.1. The van der Waals surface area contributed by atoms with Crippen LogP contribution in [0.1, 0.15) is 25.8 Å². The Balaban J connectivity index is 1.80. The summed E-state index contributed by atoms with van der Waals surface area (Å²) in [6.07, 6.45) is 1.25. The molecule has 0 bridgehead atoms. The predicted molar refractivity (Wildman–Crippen MR) is 87.6 cm³/mol. The third-order valence-electron chi connectivity index (χ3n) is 4.29. The van der Waals surface area contributed by atoms with Gasteiger partial charge in [0, 0.05) is 37.9 Å². The third-order valence-corrected chi connectivity index (χ3v) is 4.29. The van der Waals surface area contributed by atoms with E-state index in [0.717, 1.165) is 26.2 Å². The van der Waals surface area contributed by atoms with Gasteiger partial charge in [0.25, 0.3) is 0 Å².